The van der Waals surface area contributed by atoms with Crippen LogP contribution in [0.2, 0.25) is 0 Å². The Morgan fingerprint density at radius 2 is 1.72 bits per heavy atom. The van der Waals surface area contributed by atoms with Crippen molar-refractivity contribution in [2.45, 2.75) is 6.92 Å². The first kappa shape index (κ1) is 16.7. The van der Waals surface area contributed by atoms with Crippen LogP contribution >= 0.6 is 0 Å². The molecule has 0 bridgehead atoms. The van der Waals surface area contributed by atoms with Crippen LogP contribution in [0.25, 0.3) is 11.1 Å². The van der Waals surface area contributed by atoms with E-state index in [4.69, 9.17) is 4.74 Å². The molecule has 0 heterocycles. The molecule has 3 nitrogen and oxygen atoms in total. The van der Waals surface area contributed by atoms with Crippen LogP contribution in [0, 0.1) is 12.7 Å². The predicted molar refractivity (Wildman–Crippen MR) is 97.1 cm³/mol. The summed E-state index contributed by atoms with van der Waals surface area (Å²) >= 11 is 0. The Morgan fingerprint density at radius 3 is 2.48 bits per heavy atom. The fraction of sp³-hybridized carbons (Fsp3) is 0.0952. The van der Waals surface area contributed by atoms with Crippen molar-refractivity contribution in [1.82, 2.24) is 0 Å². The lowest BCUT2D eigenvalue weighted by molar-refractivity contribution is -0.118. The Bertz CT molecular complexity index is 878. The molecule has 0 aliphatic heterocycles. The highest BCUT2D eigenvalue weighted by Gasteiger charge is 2.09. The third kappa shape index (κ3) is 4.23. The molecule has 0 spiro atoms. The van der Waals surface area contributed by atoms with E-state index in [1.165, 1.54) is 6.07 Å². The van der Waals surface area contributed by atoms with Crippen molar-refractivity contribution in [3.05, 3.63) is 84.2 Å². The van der Waals surface area contributed by atoms with Crippen molar-refractivity contribution >= 4 is 11.6 Å². The number of benzene rings is 3. The second-order valence-electron chi connectivity index (χ2n) is 5.66. The minimum Gasteiger partial charge on any atom is -0.483 e. The molecule has 3 aromatic rings. The number of nitrogens with one attached hydrogen (secondary N) is 1. The van der Waals surface area contributed by atoms with Crippen LogP contribution in [0.3, 0.4) is 0 Å². The topological polar surface area (TPSA) is 38.3 Å². The summed E-state index contributed by atoms with van der Waals surface area (Å²) in [6.07, 6.45) is 0. The van der Waals surface area contributed by atoms with E-state index in [-0.39, 0.29) is 18.3 Å². The number of ether oxygens (including phenoxy) is 1. The number of hydrogen-bond acceptors (Lipinski definition) is 2. The standard InChI is InChI=1S/C21H18FNO2/c1-15-11-12-17(13-19(15)22)23-21(24)14-25-20-10-6-5-9-18(20)16-7-3-2-4-8-16/h2-13H,14H2,1H3,(H,23,24). The summed E-state index contributed by atoms with van der Waals surface area (Å²) in [5.74, 6) is -0.0711. The van der Waals surface area contributed by atoms with Gasteiger partial charge in [0.15, 0.2) is 6.61 Å². The number of carbonyl (C=O) groups excluding carboxylic acids is 1. The molecule has 3 aromatic carbocycles. The largest absolute Gasteiger partial charge is 0.483 e. The maximum atomic E-state index is 13.5. The van der Waals surface area contributed by atoms with Crippen molar-refractivity contribution in [2.75, 3.05) is 11.9 Å². The van der Waals surface area contributed by atoms with Crippen LogP contribution in [0.4, 0.5) is 10.1 Å². The van der Waals surface area contributed by atoms with E-state index in [0.29, 0.717) is 17.0 Å². The third-order valence-electron chi connectivity index (χ3n) is 3.79. The summed E-state index contributed by atoms with van der Waals surface area (Å²) in [7, 11) is 0. The molecule has 0 fully saturated rings. The van der Waals surface area contributed by atoms with Gasteiger partial charge in [-0.1, -0.05) is 54.6 Å². The number of aryl methyl sites for hydroxylation is 1. The maximum Gasteiger partial charge on any atom is 0.262 e. The molecule has 0 atom stereocenters. The van der Waals surface area contributed by atoms with Crippen molar-refractivity contribution < 1.29 is 13.9 Å². The van der Waals surface area contributed by atoms with Crippen LogP contribution in [0.1, 0.15) is 5.56 Å². The fourth-order valence-electron chi connectivity index (χ4n) is 2.46. The van der Waals surface area contributed by atoms with Gasteiger partial charge in [-0.15, -0.1) is 0 Å². The Morgan fingerprint density at radius 1 is 1.00 bits per heavy atom. The summed E-state index contributed by atoms with van der Waals surface area (Å²) in [5, 5.41) is 2.64. The van der Waals surface area contributed by atoms with Gasteiger partial charge < -0.3 is 10.1 Å². The summed E-state index contributed by atoms with van der Waals surface area (Å²) in [6, 6.07) is 21.9. The molecule has 0 saturated carbocycles. The van der Waals surface area contributed by atoms with E-state index in [9.17, 15) is 9.18 Å². The van der Waals surface area contributed by atoms with Crippen molar-refractivity contribution in [2.24, 2.45) is 0 Å². The second kappa shape index (κ2) is 7.62. The zero-order valence-electron chi connectivity index (χ0n) is 13.8. The van der Waals surface area contributed by atoms with E-state index in [2.05, 4.69) is 5.32 Å². The smallest absolute Gasteiger partial charge is 0.262 e. The number of carbonyl (C=O) groups is 1. The third-order valence-corrected chi connectivity index (χ3v) is 3.79. The second-order valence-corrected chi connectivity index (χ2v) is 5.66. The van der Waals surface area contributed by atoms with E-state index < -0.39 is 0 Å². The monoisotopic (exact) mass is 335 g/mol. The van der Waals surface area contributed by atoms with Crippen molar-refractivity contribution in [3.63, 3.8) is 0 Å². The molecule has 3 rings (SSSR count). The number of para-hydroxylation sites is 1. The van der Waals surface area contributed by atoms with Crippen LogP contribution in [0.5, 0.6) is 5.75 Å². The molecule has 4 heteroatoms. The van der Waals surface area contributed by atoms with Gasteiger partial charge in [-0.25, -0.2) is 4.39 Å². The van der Waals surface area contributed by atoms with Crippen molar-refractivity contribution in [1.29, 1.82) is 0 Å². The quantitative estimate of drug-likeness (QED) is 0.726. The molecule has 0 saturated heterocycles. The Balaban J connectivity index is 1.67. The normalized spacial score (nSPS) is 10.3. The number of hydrogen-bond donors (Lipinski definition) is 1. The van der Waals surface area contributed by atoms with Crippen molar-refractivity contribution in [3.8, 4) is 16.9 Å². The highest BCUT2D eigenvalue weighted by Crippen LogP contribution is 2.29. The minimum atomic E-state index is -0.354. The molecule has 0 aliphatic carbocycles. The fourth-order valence-corrected chi connectivity index (χ4v) is 2.46. The lowest BCUT2D eigenvalue weighted by atomic mass is 10.1. The molecule has 1 N–H and O–H groups in total. The minimum absolute atomic E-state index is 0.153. The molecule has 0 aliphatic rings. The van der Waals surface area contributed by atoms with Gasteiger partial charge >= 0.3 is 0 Å². The van der Waals surface area contributed by atoms with Gasteiger partial charge in [0.25, 0.3) is 5.91 Å². The number of anilines is 1. The lowest BCUT2D eigenvalue weighted by Crippen LogP contribution is -2.20. The summed E-state index contributed by atoms with van der Waals surface area (Å²) in [5.41, 5.74) is 2.87. The zero-order chi connectivity index (χ0) is 17.6. The summed E-state index contributed by atoms with van der Waals surface area (Å²) < 4.78 is 19.2. The number of rotatable bonds is 5. The SMILES string of the molecule is Cc1ccc(NC(=O)COc2ccccc2-c2ccccc2)cc1F. The van der Waals surface area contributed by atoms with Crippen LogP contribution < -0.4 is 10.1 Å². The summed E-state index contributed by atoms with van der Waals surface area (Å²) in [6.45, 7) is 1.52. The Kier molecular flexibility index (Phi) is 5.09. The average Bonchev–Trinajstić information content (AvgIpc) is 2.64. The molecule has 0 radical (unpaired) electrons. The molecule has 0 unspecified atom stereocenters. The summed E-state index contributed by atoms with van der Waals surface area (Å²) in [4.78, 5) is 12.1. The van der Waals surface area contributed by atoms with Gasteiger partial charge in [-0.2, -0.15) is 0 Å². The molecule has 25 heavy (non-hydrogen) atoms. The van der Waals surface area contributed by atoms with E-state index in [0.717, 1.165) is 11.1 Å². The van der Waals surface area contributed by atoms with Crippen LogP contribution in [0.15, 0.2) is 72.8 Å². The van der Waals surface area contributed by atoms with Crippen LogP contribution in [-0.4, -0.2) is 12.5 Å². The first-order valence-corrected chi connectivity index (χ1v) is 7.97. The average molecular weight is 335 g/mol. The molecular formula is C21H18FNO2. The predicted octanol–water partition coefficient (Wildman–Crippen LogP) is 4.82. The first-order chi connectivity index (χ1) is 12.1. The van der Waals surface area contributed by atoms with Gasteiger partial charge in [0.2, 0.25) is 0 Å². The van der Waals surface area contributed by atoms with Gasteiger partial charge in [0, 0.05) is 11.3 Å². The molecular weight excluding hydrogens is 317 g/mol. The molecule has 126 valence electrons. The maximum absolute atomic E-state index is 13.5. The van der Waals surface area contributed by atoms with Gasteiger partial charge in [0.05, 0.1) is 0 Å². The number of halogens is 1. The van der Waals surface area contributed by atoms with Gasteiger partial charge in [-0.3, -0.25) is 4.79 Å². The Labute approximate surface area is 146 Å². The highest BCUT2D eigenvalue weighted by molar-refractivity contribution is 5.92. The number of amides is 1. The Hall–Kier alpha value is -3.14. The van der Waals surface area contributed by atoms with Crippen LogP contribution in [-0.2, 0) is 4.79 Å². The van der Waals surface area contributed by atoms with E-state index >= 15 is 0 Å². The highest BCUT2D eigenvalue weighted by atomic mass is 19.1. The van der Waals surface area contributed by atoms with E-state index in [1.807, 2.05) is 54.6 Å². The zero-order valence-corrected chi connectivity index (χ0v) is 13.8. The van der Waals surface area contributed by atoms with E-state index in [1.54, 1.807) is 19.1 Å². The first-order valence-electron chi connectivity index (χ1n) is 7.97. The van der Waals surface area contributed by atoms with Gasteiger partial charge in [0.1, 0.15) is 11.6 Å². The lowest BCUT2D eigenvalue weighted by Gasteiger charge is -2.12. The molecule has 1 amide bonds. The van der Waals surface area contributed by atoms with Gasteiger partial charge in [-0.05, 0) is 36.2 Å². The molecule has 0 aromatic heterocycles.